The zero-order valence-electron chi connectivity index (χ0n) is 4.61. The SMILES string of the molecule is CN1CC=CS1(O)O. The Morgan fingerprint density at radius 2 is 2.25 bits per heavy atom. The molecular formula is C4H9NO2S. The second kappa shape index (κ2) is 1.73. The molecule has 1 aliphatic rings. The van der Waals surface area contributed by atoms with Gasteiger partial charge in [-0.3, -0.25) is 9.11 Å². The molecule has 0 aromatic heterocycles. The van der Waals surface area contributed by atoms with Gasteiger partial charge in [0.2, 0.25) is 0 Å². The van der Waals surface area contributed by atoms with Crippen LogP contribution in [0.25, 0.3) is 0 Å². The smallest absolute Gasteiger partial charge is 0.0374 e. The highest BCUT2D eigenvalue weighted by Gasteiger charge is 2.18. The van der Waals surface area contributed by atoms with Crippen LogP contribution in [-0.2, 0) is 0 Å². The van der Waals surface area contributed by atoms with Gasteiger partial charge < -0.3 is 0 Å². The first-order chi connectivity index (χ1) is 3.63. The van der Waals surface area contributed by atoms with E-state index in [0.29, 0.717) is 6.54 Å². The molecule has 0 fully saturated rings. The second-order valence-electron chi connectivity index (χ2n) is 1.74. The molecule has 3 nitrogen and oxygen atoms in total. The normalized spacial score (nSPS) is 30.9. The van der Waals surface area contributed by atoms with Crippen molar-refractivity contribution in [2.45, 2.75) is 0 Å². The van der Waals surface area contributed by atoms with E-state index in [9.17, 15) is 0 Å². The maximum Gasteiger partial charge on any atom is 0.0374 e. The van der Waals surface area contributed by atoms with E-state index in [-0.39, 0.29) is 0 Å². The molecule has 1 aliphatic heterocycles. The number of nitrogens with zero attached hydrogens (tertiary/aromatic N) is 1. The summed E-state index contributed by atoms with van der Waals surface area (Å²) < 4.78 is 19.4. The zero-order chi connectivity index (χ0) is 6.20. The lowest BCUT2D eigenvalue weighted by Gasteiger charge is -2.32. The molecule has 2 N–H and O–H groups in total. The topological polar surface area (TPSA) is 43.7 Å². The molecule has 0 spiro atoms. The highest BCUT2D eigenvalue weighted by molar-refractivity contribution is 8.25. The molecule has 0 unspecified atom stereocenters. The molecule has 48 valence electrons. The number of rotatable bonds is 0. The third kappa shape index (κ3) is 0.877. The Kier molecular flexibility index (Phi) is 1.32. The Bertz CT molecular complexity index is 123. The van der Waals surface area contributed by atoms with Crippen molar-refractivity contribution in [1.82, 2.24) is 4.31 Å². The van der Waals surface area contributed by atoms with E-state index in [4.69, 9.17) is 9.11 Å². The van der Waals surface area contributed by atoms with Crippen LogP contribution in [0.2, 0.25) is 0 Å². The van der Waals surface area contributed by atoms with Gasteiger partial charge >= 0.3 is 0 Å². The van der Waals surface area contributed by atoms with Gasteiger partial charge in [0.05, 0.1) is 0 Å². The molecular weight excluding hydrogens is 126 g/mol. The molecule has 0 atom stereocenters. The third-order valence-electron chi connectivity index (χ3n) is 1.10. The minimum atomic E-state index is -2.47. The molecule has 1 rings (SSSR count). The first kappa shape index (κ1) is 6.10. The molecule has 4 heteroatoms. The lowest BCUT2D eigenvalue weighted by atomic mass is 10.6. The molecule has 0 amide bonds. The van der Waals surface area contributed by atoms with Crippen molar-refractivity contribution in [3.8, 4) is 0 Å². The average Bonchev–Trinajstić information content (AvgIpc) is 1.86. The van der Waals surface area contributed by atoms with Gasteiger partial charge in [-0.15, -0.1) is 10.8 Å². The van der Waals surface area contributed by atoms with Crippen molar-refractivity contribution < 1.29 is 9.11 Å². The fraction of sp³-hybridized carbons (Fsp3) is 0.500. The van der Waals surface area contributed by atoms with Crippen LogP contribution in [0.4, 0.5) is 0 Å². The summed E-state index contributed by atoms with van der Waals surface area (Å²) in [5.74, 6) is 0. The molecule has 1 heterocycles. The fourth-order valence-electron chi connectivity index (χ4n) is 0.534. The van der Waals surface area contributed by atoms with E-state index >= 15 is 0 Å². The van der Waals surface area contributed by atoms with E-state index in [1.165, 1.54) is 9.71 Å². The summed E-state index contributed by atoms with van der Waals surface area (Å²) in [5, 5.41) is 1.44. The van der Waals surface area contributed by atoms with Gasteiger partial charge in [0.1, 0.15) is 0 Å². The van der Waals surface area contributed by atoms with Crippen LogP contribution in [0.1, 0.15) is 0 Å². The Labute approximate surface area is 50.1 Å². The molecule has 0 bridgehead atoms. The van der Waals surface area contributed by atoms with Crippen LogP contribution in [0.5, 0.6) is 0 Å². The van der Waals surface area contributed by atoms with Crippen LogP contribution in [0, 0.1) is 0 Å². The van der Waals surface area contributed by atoms with E-state index in [0.717, 1.165) is 0 Å². The van der Waals surface area contributed by atoms with Crippen LogP contribution < -0.4 is 0 Å². The number of hydrogen-bond acceptors (Lipinski definition) is 3. The van der Waals surface area contributed by atoms with Gasteiger partial charge in [-0.1, -0.05) is 6.08 Å². The summed E-state index contributed by atoms with van der Waals surface area (Å²) in [4.78, 5) is 0. The van der Waals surface area contributed by atoms with Crippen molar-refractivity contribution in [1.29, 1.82) is 0 Å². The lowest BCUT2D eigenvalue weighted by molar-refractivity contribution is 0.420. The molecule has 0 aliphatic carbocycles. The van der Waals surface area contributed by atoms with Crippen molar-refractivity contribution in [2.75, 3.05) is 13.6 Å². The predicted octanol–water partition coefficient (Wildman–Crippen LogP) is 1.11. The quantitative estimate of drug-likeness (QED) is 0.523. The van der Waals surface area contributed by atoms with E-state index in [2.05, 4.69) is 0 Å². The van der Waals surface area contributed by atoms with Crippen LogP contribution in [-0.4, -0.2) is 27.0 Å². The van der Waals surface area contributed by atoms with Gasteiger partial charge in [-0.2, -0.15) is 0 Å². The Morgan fingerprint density at radius 3 is 2.38 bits per heavy atom. The summed E-state index contributed by atoms with van der Waals surface area (Å²) in [7, 11) is -0.796. The Hall–Kier alpha value is -0.0300. The molecule has 0 aromatic carbocycles. The summed E-state index contributed by atoms with van der Waals surface area (Å²) in [6, 6.07) is 0. The van der Waals surface area contributed by atoms with E-state index in [1.807, 2.05) is 0 Å². The lowest BCUT2D eigenvalue weighted by Crippen LogP contribution is -2.16. The average molecular weight is 135 g/mol. The third-order valence-corrected chi connectivity index (χ3v) is 2.72. The van der Waals surface area contributed by atoms with Gasteiger partial charge in [-0.25, -0.2) is 4.31 Å². The monoisotopic (exact) mass is 135 g/mol. The molecule has 0 aromatic rings. The summed E-state index contributed by atoms with van der Waals surface area (Å²) in [6.07, 6.45) is 1.75. The van der Waals surface area contributed by atoms with Gasteiger partial charge in [-0.05, 0) is 0 Å². The second-order valence-corrected chi connectivity index (χ2v) is 3.76. The maximum absolute atomic E-state index is 8.94. The molecule has 0 saturated carbocycles. The molecule has 0 radical (unpaired) electrons. The van der Waals surface area contributed by atoms with Crippen molar-refractivity contribution in [3.05, 3.63) is 11.5 Å². The molecule has 8 heavy (non-hydrogen) atoms. The first-order valence-electron chi connectivity index (χ1n) is 2.29. The van der Waals surface area contributed by atoms with Crippen molar-refractivity contribution in [3.63, 3.8) is 0 Å². The molecule has 0 saturated heterocycles. The van der Waals surface area contributed by atoms with Crippen LogP contribution in [0.15, 0.2) is 11.5 Å². The zero-order valence-corrected chi connectivity index (χ0v) is 5.43. The highest BCUT2D eigenvalue weighted by atomic mass is 32.3. The minimum Gasteiger partial charge on any atom is -0.282 e. The van der Waals surface area contributed by atoms with Gasteiger partial charge in [0.25, 0.3) is 0 Å². The standard InChI is InChI=1S/C4H9NO2S/c1-5-3-2-4-8(5,6)7/h2,4,6-7H,3H2,1H3. The minimum absolute atomic E-state index is 0.641. The van der Waals surface area contributed by atoms with Crippen LogP contribution in [0.3, 0.4) is 0 Å². The summed E-state index contributed by atoms with van der Waals surface area (Å²) in [5.41, 5.74) is 0. The van der Waals surface area contributed by atoms with Gasteiger partial charge in [0.15, 0.2) is 0 Å². The van der Waals surface area contributed by atoms with Crippen molar-refractivity contribution in [2.24, 2.45) is 0 Å². The summed E-state index contributed by atoms with van der Waals surface area (Å²) >= 11 is 0. The largest absolute Gasteiger partial charge is 0.282 e. The van der Waals surface area contributed by atoms with Gasteiger partial charge in [0, 0.05) is 19.0 Å². The van der Waals surface area contributed by atoms with E-state index < -0.39 is 10.8 Å². The van der Waals surface area contributed by atoms with Crippen LogP contribution >= 0.6 is 10.8 Å². The summed E-state index contributed by atoms with van der Waals surface area (Å²) in [6.45, 7) is 0.641. The Morgan fingerprint density at radius 1 is 1.62 bits per heavy atom. The van der Waals surface area contributed by atoms with E-state index in [1.54, 1.807) is 13.1 Å². The Balaban J connectivity index is 2.67. The fourth-order valence-corrected chi connectivity index (χ4v) is 1.39. The highest BCUT2D eigenvalue weighted by Crippen LogP contribution is 2.46. The maximum atomic E-state index is 8.94. The predicted molar refractivity (Wildman–Crippen MR) is 34.6 cm³/mol. The van der Waals surface area contributed by atoms with Crippen molar-refractivity contribution >= 4 is 10.8 Å². The first-order valence-corrected chi connectivity index (χ1v) is 3.86. The number of hydrogen-bond donors (Lipinski definition) is 2. The number of likely N-dealkylation sites (N-methyl/N-ethyl adjacent to an activating group) is 1.